The van der Waals surface area contributed by atoms with Crippen LogP contribution in [0.15, 0.2) is 4.52 Å². The quantitative estimate of drug-likeness (QED) is 0.843. The van der Waals surface area contributed by atoms with E-state index in [0.717, 1.165) is 55.4 Å². The van der Waals surface area contributed by atoms with Gasteiger partial charge in [-0.3, -0.25) is 0 Å². The summed E-state index contributed by atoms with van der Waals surface area (Å²) in [5.41, 5.74) is 2.28. The standard InChI is InChI=1S/C18H24N6O2/c1-2-5-11(4-1)16-21-13-9-19-8-12(13)17(23-16)20-10-15-22-18(26-24-15)14-6-3-7-25-14/h11,14,19H,1-10H2,(H,20,21,23)/t14-/m0/s1. The first-order valence-corrected chi connectivity index (χ1v) is 9.65. The van der Waals surface area contributed by atoms with E-state index in [1.54, 1.807) is 0 Å². The van der Waals surface area contributed by atoms with E-state index in [4.69, 9.17) is 19.2 Å². The Morgan fingerprint density at radius 1 is 1.04 bits per heavy atom. The fourth-order valence-corrected chi connectivity index (χ4v) is 4.11. The van der Waals surface area contributed by atoms with Crippen molar-refractivity contribution in [2.24, 2.45) is 0 Å². The van der Waals surface area contributed by atoms with E-state index in [2.05, 4.69) is 20.8 Å². The molecule has 2 aliphatic heterocycles. The Bertz CT molecular complexity index is 780. The van der Waals surface area contributed by atoms with Crippen molar-refractivity contribution in [2.75, 3.05) is 11.9 Å². The average molecular weight is 356 g/mol. The first-order valence-electron chi connectivity index (χ1n) is 9.65. The van der Waals surface area contributed by atoms with Gasteiger partial charge in [0.15, 0.2) is 5.82 Å². The Morgan fingerprint density at radius 3 is 2.81 bits per heavy atom. The van der Waals surface area contributed by atoms with Crippen LogP contribution in [0.2, 0.25) is 0 Å². The predicted molar refractivity (Wildman–Crippen MR) is 93.3 cm³/mol. The van der Waals surface area contributed by atoms with E-state index in [1.807, 2.05) is 0 Å². The maximum atomic E-state index is 5.60. The molecule has 26 heavy (non-hydrogen) atoms. The van der Waals surface area contributed by atoms with Gasteiger partial charge >= 0.3 is 0 Å². The number of anilines is 1. The van der Waals surface area contributed by atoms with Gasteiger partial charge < -0.3 is 19.9 Å². The third-order valence-electron chi connectivity index (χ3n) is 5.53. The molecule has 1 saturated heterocycles. The lowest BCUT2D eigenvalue weighted by molar-refractivity contribution is 0.0835. The van der Waals surface area contributed by atoms with E-state index < -0.39 is 0 Å². The molecular weight excluding hydrogens is 332 g/mol. The maximum absolute atomic E-state index is 5.60. The predicted octanol–water partition coefficient (Wildman–Crippen LogP) is 2.58. The van der Waals surface area contributed by atoms with Crippen molar-refractivity contribution in [3.05, 3.63) is 28.8 Å². The van der Waals surface area contributed by atoms with Gasteiger partial charge in [-0.2, -0.15) is 4.98 Å². The molecule has 0 radical (unpaired) electrons. The molecule has 5 rings (SSSR count). The van der Waals surface area contributed by atoms with Gasteiger partial charge in [0, 0.05) is 31.2 Å². The molecule has 2 aromatic rings. The Labute approximate surface area is 152 Å². The zero-order chi connectivity index (χ0) is 17.3. The molecule has 0 spiro atoms. The summed E-state index contributed by atoms with van der Waals surface area (Å²) in [5.74, 6) is 3.61. The summed E-state index contributed by atoms with van der Waals surface area (Å²) in [7, 11) is 0. The van der Waals surface area contributed by atoms with Gasteiger partial charge in [0.25, 0.3) is 5.89 Å². The van der Waals surface area contributed by atoms with Crippen LogP contribution in [0.1, 0.15) is 79.3 Å². The van der Waals surface area contributed by atoms with Crippen LogP contribution in [-0.4, -0.2) is 26.7 Å². The molecule has 3 aliphatic rings. The molecule has 0 aromatic carbocycles. The highest BCUT2D eigenvalue weighted by Gasteiger charge is 2.26. The minimum atomic E-state index is -0.0438. The highest BCUT2D eigenvalue weighted by Crippen LogP contribution is 2.34. The molecule has 2 N–H and O–H groups in total. The van der Waals surface area contributed by atoms with E-state index in [-0.39, 0.29) is 6.10 Å². The topological polar surface area (TPSA) is 98.0 Å². The lowest BCUT2D eigenvalue weighted by atomic mass is 10.1. The van der Waals surface area contributed by atoms with Crippen LogP contribution in [-0.2, 0) is 24.4 Å². The summed E-state index contributed by atoms with van der Waals surface area (Å²) >= 11 is 0. The summed E-state index contributed by atoms with van der Waals surface area (Å²) in [6.07, 6.45) is 6.90. The van der Waals surface area contributed by atoms with Crippen molar-refractivity contribution in [2.45, 2.75) is 70.2 Å². The van der Waals surface area contributed by atoms with Crippen LogP contribution >= 0.6 is 0 Å². The van der Waals surface area contributed by atoms with Crippen LogP contribution in [0.4, 0.5) is 5.82 Å². The number of rotatable bonds is 5. The number of aromatic nitrogens is 4. The second-order valence-corrected chi connectivity index (χ2v) is 7.34. The molecule has 2 fully saturated rings. The Kier molecular flexibility index (Phi) is 4.30. The number of hydrogen-bond acceptors (Lipinski definition) is 8. The average Bonchev–Trinajstić information content (AvgIpc) is 3.47. The Hall–Kier alpha value is -2.06. The number of hydrogen-bond donors (Lipinski definition) is 2. The van der Waals surface area contributed by atoms with E-state index in [9.17, 15) is 0 Å². The molecule has 8 heteroatoms. The molecule has 2 aromatic heterocycles. The first-order chi connectivity index (χ1) is 12.9. The first kappa shape index (κ1) is 16.1. The van der Waals surface area contributed by atoms with Gasteiger partial charge in [0.2, 0.25) is 0 Å². The van der Waals surface area contributed by atoms with Gasteiger partial charge in [0.1, 0.15) is 17.7 Å². The number of nitrogens with zero attached hydrogens (tertiary/aromatic N) is 4. The van der Waals surface area contributed by atoms with Crippen molar-refractivity contribution in [3.8, 4) is 0 Å². The Balaban J connectivity index is 1.33. The molecule has 4 heterocycles. The number of nitrogens with one attached hydrogen (secondary N) is 2. The van der Waals surface area contributed by atoms with Gasteiger partial charge in [-0.25, -0.2) is 9.97 Å². The molecule has 0 bridgehead atoms. The number of fused-ring (bicyclic) bond motifs is 1. The van der Waals surface area contributed by atoms with E-state index in [0.29, 0.717) is 24.2 Å². The minimum absolute atomic E-state index is 0.0438. The molecular formula is C18H24N6O2. The SMILES string of the molecule is C1CCC(c2nc3c(c(NCc4noc([C@@H]5CCCO5)n4)n2)CNC3)C1. The van der Waals surface area contributed by atoms with Crippen LogP contribution in [0, 0.1) is 0 Å². The summed E-state index contributed by atoms with van der Waals surface area (Å²) in [5, 5.41) is 10.9. The lowest BCUT2D eigenvalue weighted by Crippen LogP contribution is -2.11. The van der Waals surface area contributed by atoms with E-state index in [1.165, 1.54) is 25.7 Å². The van der Waals surface area contributed by atoms with Gasteiger partial charge in [-0.05, 0) is 25.7 Å². The number of ether oxygens (including phenoxy) is 1. The third-order valence-corrected chi connectivity index (χ3v) is 5.53. The smallest absolute Gasteiger partial charge is 0.255 e. The third kappa shape index (κ3) is 3.07. The van der Waals surface area contributed by atoms with Crippen LogP contribution in [0.5, 0.6) is 0 Å². The Morgan fingerprint density at radius 2 is 1.96 bits per heavy atom. The summed E-state index contributed by atoms with van der Waals surface area (Å²) < 4.78 is 11.0. The fourth-order valence-electron chi connectivity index (χ4n) is 4.11. The maximum Gasteiger partial charge on any atom is 0.255 e. The second kappa shape index (κ2) is 6.92. The van der Waals surface area contributed by atoms with E-state index >= 15 is 0 Å². The molecule has 138 valence electrons. The summed E-state index contributed by atoms with van der Waals surface area (Å²) in [6, 6.07) is 0. The fraction of sp³-hybridized carbons (Fsp3) is 0.667. The van der Waals surface area contributed by atoms with Crippen LogP contribution < -0.4 is 10.6 Å². The van der Waals surface area contributed by atoms with Crippen LogP contribution in [0.25, 0.3) is 0 Å². The molecule has 8 nitrogen and oxygen atoms in total. The highest BCUT2D eigenvalue weighted by atomic mass is 16.5. The normalized spacial score (nSPS) is 22.8. The van der Waals surface area contributed by atoms with Crippen molar-refractivity contribution < 1.29 is 9.26 Å². The van der Waals surface area contributed by atoms with Gasteiger partial charge in [-0.15, -0.1) is 0 Å². The zero-order valence-corrected chi connectivity index (χ0v) is 14.8. The zero-order valence-electron chi connectivity index (χ0n) is 14.8. The van der Waals surface area contributed by atoms with Crippen molar-refractivity contribution in [1.82, 2.24) is 25.4 Å². The molecule has 1 aliphatic carbocycles. The highest BCUT2D eigenvalue weighted by molar-refractivity contribution is 5.48. The molecule has 1 atom stereocenters. The van der Waals surface area contributed by atoms with Crippen LogP contribution in [0.3, 0.4) is 0 Å². The summed E-state index contributed by atoms with van der Waals surface area (Å²) in [4.78, 5) is 14.2. The van der Waals surface area contributed by atoms with Gasteiger partial charge in [-0.1, -0.05) is 18.0 Å². The van der Waals surface area contributed by atoms with Crippen molar-refractivity contribution in [1.29, 1.82) is 0 Å². The minimum Gasteiger partial charge on any atom is -0.368 e. The van der Waals surface area contributed by atoms with Crippen molar-refractivity contribution >= 4 is 5.82 Å². The molecule has 0 amide bonds. The van der Waals surface area contributed by atoms with Gasteiger partial charge in [0.05, 0.1) is 12.2 Å². The largest absolute Gasteiger partial charge is 0.368 e. The monoisotopic (exact) mass is 356 g/mol. The van der Waals surface area contributed by atoms with Crippen molar-refractivity contribution in [3.63, 3.8) is 0 Å². The lowest BCUT2D eigenvalue weighted by Gasteiger charge is -2.13. The summed E-state index contributed by atoms with van der Waals surface area (Å²) in [6.45, 7) is 2.88. The molecule has 1 saturated carbocycles. The molecule has 0 unspecified atom stereocenters. The second-order valence-electron chi connectivity index (χ2n) is 7.34.